The van der Waals surface area contributed by atoms with E-state index in [2.05, 4.69) is 21.2 Å². The van der Waals surface area contributed by atoms with Gasteiger partial charge in [0.1, 0.15) is 0 Å². The Labute approximate surface area is 104 Å². The average molecular weight is 286 g/mol. The summed E-state index contributed by atoms with van der Waals surface area (Å²) in [5.74, 6) is -0.0615. The van der Waals surface area contributed by atoms with Crippen molar-refractivity contribution in [2.45, 2.75) is 19.8 Å². The van der Waals surface area contributed by atoms with Crippen LogP contribution in [0.3, 0.4) is 0 Å². The van der Waals surface area contributed by atoms with Gasteiger partial charge in [-0.15, -0.1) is 0 Å². The molecular formula is C12H16BrNO2. The zero-order valence-electron chi connectivity index (χ0n) is 9.29. The number of aliphatic hydroxyl groups is 1. The van der Waals surface area contributed by atoms with E-state index in [9.17, 15) is 4.79 Å². The number of carbonyl (C=O) groups is 1. The van der Waals surface area contributed by atoms with Crippen molar-refractivity contribution in [2.24, 2.45) is 0 Å². The molecule has 0 heterocycles. The summed E-state index contributed by atoms with van der Waals surface area (Å²) in [6, 6.07) is 5.52. The molecule has 0 saturated heterocycles. The van der Waals surface area contributed by atoms with E-state index in [1.54, 1.807) is 6.07 Å². The minimum Gasteiger partial charge on any atom is -0.396 e. The molecule has 1 aromatic carbocycles. The fraction of sp³-hybridized carbons (Fsp3) is 0.417. The van der Waals surface area contributed by atoms with Crippen LogP contribution in [-0.4, -0.2) is 24.2 Å². The molecule has 0 aliphatic carbocycles. The van der Waals surface area contributed by atoms with Gasteiger partial charge in [0.25, 0.3) is 5.91 Å². The normalized spacial score (nSPS) is 10.2. The van der Waals surface area contributed by atoms with Crippen molar-refractivity contribution >= 4 is 21.8 Å². The quantitative estimate of drug-likeness (QED) is 0.816. The Kier molecular flexibility index (Phi) is 5.49. The summed E-state index contributed by atoms with van der Waals surface area (Å²) in [5.41, 5.74) is 1.72. The fourth-order valence-corrected chi connectivity index (χ4v) is 1.57. The Balaban J connectivity index is 2.50. The number of carbonyl (C=O) groups excluding carboxylic acids is 1. The second kappa shape index (κ2) is 6.66. The predicted molar refractivity (Wildman–Crippen MR) is 67.5 cm³/mol. The number of amides is 1. The van der Waals surface area contributed by atoms with Crippen LogP contribution < -0.4 is 5.32 Å². The van der Waals surface area contributed by atoms with E-state index in [-0.39, 0.29) is 12.5 Å². The van der Waals surface area contributed by atoms with Crippen molar-refractivity contribution in [2.75, 3.05) is 13.2 Å². The molecular weight excluding hydrogens is 270 g/mol. The second-order valence-corrected chi connectivity index (χ2v) is 4.50. The number of unbranched alkanes of at least 4 members (excludes halogenated alkanes) is 1. The summed E-state index contributed by atoms with van der Waals surface area (Å²) in [4.78, 5) is 11.7. The first kappa shape index (κ1) is 13.2. The molecule has 0 aromatic heterocycles. The van der Waals surface area contributed by atoms with Gasteiger partial charge in [0, 0.05) is 23.2 Å². The zero-order chi connectivity index (χ0) is 12.0. The molecule has 0 radical (unpaired) electrons. The molecule has 4 heteroatoms. The maximum atomic E-state index is 11.7. The van der Waals surface area contributed by atoms with Gasteiger partial charge in [0.2, 0.25) is 0 Å². The lowest BCUT2D eigenvalue weighted by Gasteiger charge is -2.06. The maximum absolute atomic E-state index is 11.7. The van der Waals surface area contributed by atoms with Crippen molar-refractivity contribution < 1.29 is 9.90 Å². The van der Waals surface area contributed by atoms with Crippen LogP contribution >= 0.6 is 15.9 Å². The molecule has 1 aromatic rings. The van der Waals surface area contributed by atoms with E-state index in [0.717, 1.165) is 22.9 Å². The van der Waals surface area contributed by atoms with Gasteiger partial charge in [0.05, 0.1) is 0 Å². The second-order valence-electron chi connectivity index (χ2n) is 3.65. The van der Waals surface area contributed by atoms with Gasteiger partial charge in [-0.25, -0.2) is 0 Å². The molecule has 0 atom stereocenters. The monoisotopic (exact) mass is 285 g/mol. The summed E-state index contributed by atoms with van der Waals surface area (Å²) in [5, 5.41) is 11.4. The zero-order valence-corrected chi connectivity index (χ0v) is 10.9. The smallest absolute Gasteiger partial charge is 0.251 e. The van der Waals surface area contributed by atoms with Crippen molar-refractivity contribution in [1.82, 2.24) is 5.32 Å². The molecule has 0 fully saturated rings. The van der Waals surface area contributed by atoms with Crippen molar-refractivity contribution in [1.29, 1.82) is 0 Å². The van der Waals surface area contributed by atoms with Crippen LogP contribution in [0.2, 0.25) is 0 Å². The van der Waals surface area contributed by atoms with Crippen LogP contribution in [0.15, 0.2) is 22.7 Å². The molecule has 88 valence electrons. The number of aryl methyl sites for hydroxylation is 1. The van der Waals surface area contributed by atoms with Crippen LogP contribution in [-0.2, 0) is 0 Å². The lowest BCUT2D eigenvalue weighted by atomic mass is 10.1. The first-order valence-electron chi connectivity index (χ1n) is 5.30. The standard InChI is InChI=1S/C12H16BrNO2/c1-9-8-10(4-5-11(9)13)12(16)14-6-2-3-7-15/h4-5,8,15H,2-3,6-7H2,1H3,(H,14,16). The van der Waals surface area contributed by atoms with Gasteiger partial charge in [-0.1, -0.05) is 15.9 Å². The first-order valence-corrected chi connectivity index (χ1v) is 6.09. The molecule has 0 unspecified atom stereocenters. The third-order valence-electron chi connectivity index (χ3n) is 2.29. The van der Waals surface area contributed by atoms with Crippen LogP contribution in [0, 0.1) is 6.92 Å². The van der Waals surface area contributed by atoms with E-state index in [1.165, 1.54) is 0 Å². The minimum absolute atomic E-state index is 0.0615. The highest BCUT2D eigenvalue weighted by molar-refractivity contribution is 9.10. The van der Waals surface area contributed by atoms with E-state index in [1.807, 2.05) is 19.1 Å². The highest BCUT2D eigenvalue weighted by Gasteiger charge is 2.05. The Morgan fingerprint density at radius 2 is 2.19 bits per heavy atom. The molecule has 16 heavy (non-hydrogen) atoms. The largest absolute Gasteiger partial charge is 0.396 e. The summed E-state index contributed by atoms with van der Waals surface area (Å²) in [6.07, 6.45) is 1.53. The Morgan fingerprint density at radius 3 is 2.81 bits per heavy atom. The lowest BCUT2D eigenvalue weighted by molar-refractivity contribution is 0.0952. The predicted octanol–water partition coefficient (Wildman–Crippen LogP) is 2.26. The van der Waals surface area contributed by atoms with Gasteiger partial charge >= 0.3 is 0 Å². The van der Waals surface area contributed by atoms with Gasteiger partial charge in [-0.2, -0.15) is 0 Å². The molecule has 2 N–H and O–H groups in total. The summed E-state index contributed by atoms with van der Waals surface area (Å²) >= 11 is 3.39. The molecule has 0 aliphatic heterocycles. The lowest BCUT2D eigenvalue weighted by Crippen LogP contribution is -2.24. The molecule has 0 aliphatic rings. The summed E-state index contributed by atoms with van der Waals surface area (Å²) in [6.45, 7) is 2.73. The third kappa shape index (κ3) is 3.94. The topological polar surface area (TPSA) is 49.3 Å². The van der Waals surface area contributed by atoms with Crippen LogP contribution in [0.1, 0.15) is 28.8 Å². The molecule has 1 amide bonds. The third-order valence-corrected chi connectivity index (χ3v) is 3.18. The van der Waals surface area contributed by atoms with Crippen molar-refractivity contribution in [3.63, 3.8) is 0 Å². The molecule has 0 bridgehead atoms. The summed E-state index contributed by atoms with van der Waals surface area (Å²) in [7, 11) is 0. The molecule has 0 spiro atoms. The van der Waals surface area contributed by atoms with Crippen LogP contribution in [0.4, 0.5) is 0 Å². The molecule has 0 saturated carbocycles. The van der Waals surface area contributed by atoms with E-state index < -0.39 is 0 Å². The van der Waals surface area contributed by atoms with Gasteiger partial charge in [0.15, 0.2) is 0 Å². The molecule has 1 rings (SSSR count). The SMILES string of the molecule is Cc1cc(C(=O)NCCCCO)ccc1Br. The maximum Gasteiger partial charge on any atom is 0.251 e. The first-order chi connectivity index (χ1) is 7.65. The highest BCUT2D eigenvalue weighted by Crippen LogP contribution is 2.16. The van der Waals surface area contributed by atoms with Crippen LogP contribution in [0.5, 0.6) is 0 Å². The fourth-order valence-electron chi connectivity index (χ4n) is 1.33. The number of halogens is 1. The number of rotatable bonds is 5. The number of hydrogen-bond donors (Lipinski definition) is 2. The van der Waals surface area contributed by atoms with E-state index in [4.69, 9.17) is 5.11 Å². The summed E-state index contributed by atoms with van der Waals surface area (Å²) < 4.78 is 1.00. The number of benzene rings is 1. The van der Waals surface area contributed by atoms with Crippen LogP contribution in [0.25, 0.3) is 0 Å². The minimum atomic E-state index is -0.0615. The highest BCUT2D eigenvalue weighted by atomic mass is 79.9. The van der Waals surface area contributed by atoms with Crippen molar-refractivity contribution in [3.05, 3.63) is 33.8 Å². The van der Waals surface area contributed by atoms with Crippen molar-refractivity contribution in [3.8, 4) is 0 Å². The number of aliphatic hydroxyl groups excluding tert-OH is 1. The molecule has 3 nitrogen and oxygen atoms in total. The van der Waals surface area contributed by atoms with Gasteiger partial charge in [-0.05, 0) is 43.5 Å². The Morgan fingerprint density at radius 1 is 1.44 bits per heavy atom. The Bertz CT molecular complexity index is 366. The number of hydrogen-bond acceptors (Lipinski definition) is 2. The van der Waals surface area contributed by atoms with E-state index in [0.29, 0.717) is 12.1 Å². The van der Waals surface area contributed by atoms with E-state index >= 15 is 0 Å². The average Bonchev–Trinajstić information content (AvgIpc) is 2.28. The number of nitrogens with one attached hydrogen (secondary N) is 1. The van der Waals surface area contributed by atoms with Gasteiger partial charge in [-0.3, -0.25) is 4.79 Å². The van der Waals surface area contributed by atoms with Gasteiger partial charge < -0.3 is 10.4 Å². The Hall–Kier alpha value is -0.870.